The predicted molar refractivity (Wildman–Crippen MR) is 128 cm³/mol. The van der Waals surface area contributed by atoms with Crippen LogP contribution >= 0.6 is 0 Å². The van der Waals surface area contributed by atoms with Crippen molar-refractivity contribution in [1.29, 1.82) is 0 Å². The van der Waals surface area contributed by atoms with E-state index in [1.165, 1.54) is 28.8 Å². The van der Waals surface area contributed by atoms with Gasteiger partial charge in [-0.05, 0) is 90.5 Å². The van der Waals surface area contributed by atoms with Gasteiger partial charge in [0.05, 0.1) is 29.3 Å². The lowest BCUT2D eigenvalue weighted by Gasteiger charge is -2.43. The zero-order chi connectivity index (χ0) is 22.5. The lowest BCUT2D eigenvalue weighted by atomic mass is 9.95. The first-order chi connectivity index (χ1) is 14.0. The average Bonchev–Trinajstić information content (AvgIpc) is 2.67. The molecule has 0 saturated carbocycles. The summed E-state index contributed by atoms with van der Waals surface area (Å²) in [7, 11) is -2.88. The van der Waals surface area contributed by atoms with Gasteiger partial charge in [-0.2, -0.15) is 0 Å². The van der Waals surface area contributed by atoms with E-state index in [1.807, 2.05) is 0 Å². The molecule has 30 heavy (non-hydrogen) atoms. The molecule has 0 aromatic heterocycles. The summed E-state index contributed by atoms with van der Waals surface area (Å²) < 4.78 is 29.7. The topological polar surface area (TPSA) is 46.6 Å². The molecule has 3 atom stereocenters. The Morgan fingerprint density at radius 1 is 1.00 bits per heavy atom. The van der Waals surface area contributed by atoms with Crippen molar-refractivity contribution in [3.05, 3.63) is 28.8 Å². The number of ether oxygens (including phenoxy) is 1. The summed E-state index contributed by atoms with van der Waals surface area (Å²) in [5.41, 5.74) is 5.59. The van der Waals surface area contributed by atoms with E-state index in [2.05, 4.69) is 51.7 Å². The first-order valence-electron chi connectivity index (χ1n) is 11.8. The van der Waals surface area contributed by atoms with E-state index in [9.17, 15) is 8.42 Å². The molecule has 0 N–H and O–H groups in total. The van der Waals surface area contributed by atoms with Gasteiger partial charge < -0.3 is 9.64 Å². The van der Waals surface area contributed by atoms with Crippen LogP contribution < -0.4 is 4.90 Å². The van der Waals surface area contributed by atoms with Crippen molar-refractivity contribution in [1.82, 2.24) is 0 Å². The minimum absolute atomic E-state index is 0.239. The number of anilines is 1. The summed E-state index contributed by atoms with van der Waals surface area (Å²) in [5.74, 6) is 0.335. The van der Waals surface area contributed by atoms with Crippen LogP contribution in [0.5, 0.6) is 0 Å². The van der Waals surface area contributed by atoms with Crippen LogP contribution in [0.3, 0.4) is 0 Å². The third-order valence-corrected chi connectivity index (χ3v) is 9.14. The molecule has 0 aliphatic carbocycles. The first kappa shape index (κ1) is 25.2. The van der Waals surface area contributed by atoms with Gasteiger partial charge in [0.25, 0.3) is 0 Å². The largest absolute Gasteiger partial charge is 0.372 e. The number of unbranched alkanes of at least 4 members (excludes halogenated alkanes) is 4. The number of rotatable bonds is 10. The highest BCUT2D eigenvalue weighted by atomic mass is 32.2. The third kappa shape index (κ3) is 6.46. The maximum atomic E-state index is 11.9. The van der Waals surface area contributed by atoms with Gasteiger partial charge in [0.15, 0.2) is 9.84 Å². The molecule has 1 aliphatic heterocycles. The predicted octanol–water partition coefficient (Wildman–Crippen LogP) is 5.62. The Morgan fingerprint density at radius 3 is 2.30 bits per heavy atom. The quantitative estimate of drug-likeness (QED) is 0.446. The monoisotopic (exact) mass is 437 g/mol. The van der Waals surface area contributed by atoms with Crippen LogP contribution in [0.25, 0.3) is 0 Å². The van der Waals surface area contributed by atoms with Crippen molar-refractivity contribution in [2.45, 2.75) is 110 Å². The van der Waals surface area contributed by atoms with E-state index in [0.29, 0.717) is 11.8 Å². The van der Waals surface area contributed by atoms with Gasteiger partial charge in [0, 0.05) is 12.2 Å². The van der Waals surface area contributed by atoms with Crippen molar-refractivity contribution >= 4 is 15.5 Å². The van der Waals surface area contributed by atoms with E-state index in [4.69, 9.17) is 4.74 Å². The SMILES string of the molecule is Cc1c(CCCCCCCS(=O)(=O)C(C)C)ccc(N2C[C@H](C)O[C@H](C)C2C)c1C. The Hall–Kier alpha value is -1.07. The van der Waals surface area contributed by atoms with E-state index >= 15 is 0 Å². The van der Waals surface area contributed by atoms with Crippen molar-refractivity contribution in [3.63, 3.8) is 0 Å². The second-order valence-corrected chi connectivity index (χ2v) is 12.1. The normalized spacial score (nSPS) is 22.7. The molecule has 0 amide bonds. The number of sulfone groups is 1. The molecule has 172 valence electrons. The molecule has 1 aromatic rings. The fourth-order valence-corrected chi connectivity index (χ4v) is 5.44. The smallest absolute Gasteiger partial charge is 0.152 e. The van der Waals surface area contributed by atoms with Gasteiger partial charge in [-0.25, -0.2) is 8.42 Å². The van der Waals surface area contributed by atoms with Gasteiger partial charge in [-0.15, -0.1) is 0 Å². The molecule has 1 aliphatic rings. The molecule has 0 bridgehead atoms. The Morgan fingerprint density at radius 2 is 1.63 bits per heavy atom. The Labute approximate surface area is 185 Å². The van der Waals surface area contributed by atoms with Crippen LogP contribution in [0.4, 0.5) is 5.69 Å². The summed E-state index contributed by atoms with van der Waals surface area (Å²) in [4.78, 5) is 2.51. The first-order valence-corrected chi connectivity index (χ1v) is 13.5. The standard InChI is InChI=1S/C25H43NO3S/c1-18(2)30(27,28)16-12-10-8-9-11-13-24-14-15-25(21(5)20(24)4)26-17-19(3)29-23(7)22(26)6/h14-15,18-19,22-23H,8-13,16-17H2,1-7H3/t19-,22?,23+/m0/s1. The van der Waals surface area contributed by atoms with Crippen molar-refractivity contribution in [2.24, 2.45) is 0 Å². The second-order valence-electron chi connectivity index (χ2n) is 9.47. The summed E-state index contributed by atoms with van der Waals surface area (Å²) >= 11 is 0. The van der Waals surface area contributed by atoms with Gasteiger partial charge in [-0.3, -0.25) is 0 Å². The van der Waals surface area contributed by atoms with Crippen LogP contribution in [0.1, 0.15) is 83.4 Å². The maximum absolute atomic E-state index is 11.9. The third-order valence-electron chi connectivity index (χ3n) is 6.85. The van der Waals surface area contributed by atoms with Crippen LogP contribution in [0.2, 0.25) is 0 Å². The van der Waals surface area contributed by atoms with E-state index in [-0.39, 0.29) is 17.5 Å². The molecule has 4 nitrogen and oxygen atoms in total. The zero-order valence-electron chi connectivity index (χ0n) is 20.2. The molecule has 0 spiro atoms. The number of aryl methyl sites for hydroxylation is 1. The molecule has 2 rings (SSSR count). The average molecular weight is 438 g/mol. The Bertz CT molecular complexity index is 788. The van der Waals surface area contributed by atoms with Crippen molar-refractivity contribution in [3.8, 4) is 0 Å². The molecule has 0 radical (unpaired) electrons. The van der Waals surface area contributed by atoms with Crippen LogP contribution in [-0.2, 0) is 21.0 Å². The summed E-state index contributed by atoms with van der Waals surface area (Å²) in [6.45, 7) is 15.6. The highest BCUT2D eigenvalue weighted by molar-refractivity contribution is 7.91. The highest BCUT2D eigenvalue weighted by Crippen LogP contribution is 2.31. The van der Waals surface area contributed by atoms with Crippen LogP contribution in [-0.4, -0.2) is 44.2 Å². The van der Waals surface area contributed by atoms with Gasteiger partial charge >= 0.3 is 0 Å². The lowest BCUT2D eigenvalue weighted by Crippen LogP contribution is -2.52. The molecular formula is C25H43NO3S. The molecule has 1 fully saturated rings. The molecule has 1 aromatic carbocycles. The summed E-state index contributed by atoms with van der Waals surface area (Å²) in [6, 6.07) is 4.99. The van der Waals surface area contributed by atoms with E-state index in [1.54, 1.807) is 13.8 Å². The maximum Gasteiger partial charge on any atom is 0.152 e. The van der Waals surface area contributed by atoms with Gasteiger partial charge in [-0.1, -0.05) is 25.3 Å². The Balaban J connectivity index is 1.85. The summed E-state index contributed by atoms with van der Waals surface area (Å²) in [5, 5.41) is -0.251. The van der Waals surface area contributed by atoms with Crippen LogP contribution in [0, 0.1) is 13.8 Å². The zero-order valence-corrected chi connectivity index (χ0v) is 21.0. The molecule has 1 heterocycles. The highest BCUT2D eigenvalue weighted by Gasteiger charge is 2.30. The molecule has 1 saturated heterocycles. The molecule has 5 heteroatoms. The molecular weight excluding hydrogens is 394 g/mol. The van der Waals surface area contributed by atoms with Crippen molar-refractivity contribution in [2.75, 3.05) is 17.2 Å². The lowest BCUT2D eigenvalue weighted by molar-refractivity contribution is -0.0258. The van der Waals surface area contributed by atoms with Gasteiger partial charge in [0.2, 0.25) is 0 Å². The van der Waals surface area contributed by atoms with E-state index in [0.717, 1.165) is 38.6 Å². The number of benzene rings is 1. The summed E-state index contributed by atoms with van der Waals surface area (Å²) in [6.07, 6.45) is 6.84. The molecule has 1 unspecified atom stereocenters. The van der Waals surface area contributed by atoms with E-state index < -0.39 is 9.84 Å². The number of morpholine rings is 1. The minimum Gasteiger partial charge on any atom is -0.372 e. The fourth-order valence-electron chi connectivity index (χ4n) is 4.37. The fraction of sp³-hybridized carbons (Fsp3) is 0.760. The van der Waals surface area contributed by atoms with Crippen molar-refractivity contribution < 1.29 is 13.2 Å². The number of hydrogen-bond acceptors (Lipinski definition) is 4. The van der Waals surface area contributed by atoms with Crippen LogP contribution in [0.15, 0.2) is 12.1 Å². The van der Waals surface area contributed by atoms with Gasteiger partial charge in [0.1, 0.15) is 0 Å². The second kappa shape index (κ2) is 11.0. The number of hydrogen-bond donors (Lipinski definition) is 0. The Kier molecular flexibility index (Phi) is 9.23. The minimum atomic E-state index is -2.88. The number of nitrogens with zero attached hydrogens (tertiary/aromatic N) is 1.